The Morgan fingerprint density at radius 1 is 1.17 bits per heavy atom. The Kier molecular flexibility index (Phi) is 3.96. The lowest BCUT2D eigenvalue weighted by molar-refractivity contribution is 0.606. The predicted octanol–water partition coefficient (Wildman–Crippen LogP) is 2.72. The molecule has 94 valence electrons. The zero-order valence-electron chi connectivity index (χ0n) is 9.53. The number of nitrogen functional groups attached to an aromatic ring is 1. The fraction of sp³-hybridized carbons (Fsp3) is 0.0769. The van der Waals surface area contributed by atoms with Crippen molar-refractivity contribution in [2.75, 3.05) is 5.73 Å². The maximum atomic E-state index is 13.3. The Labute approximate surface area is 113 Å². The minimum atomic E-state index is -0.349. The van der Waals surface area contributed by atoms with Crippen molar-refractivity contribution < 1.29 is 4.39 Å². The summed E-state index contributed by atoms with van der Waals surface area (Å²) >= 11 is 3.38. The molecule has 0 aliphatic carbocycles. The fourth-order valence-corrected chi connectivity index (χ4v) is 2.23. The second-order valence-corrected chi connectivity index (χ2v) is 4.84. The average molecular weight is 310 g/mol. The zero-order chi connectivity index (χ0) is 13.1. The SMILES string of the molecule is NNC(c1cccc(F)c1)c1cc(Br)ccc1N. The normalized spacial score (nSPS) is 12.4. The average Bonchev–Trinajstić information content (AvgIpc) is 2.35. The molecule has 0 bridgehead atoms. The van der Waals surface area contributed by atoms with Crippen LogP contribution in [0.25, 0.3) is 0 Å². The van der Waals surface area contributed by atoms with Crippen LogP contribution in [0.15, 0.2) is 46.9 Å². The van der Waals surface area contributed by atoms with Crippen LogP contribution >= 0.6 is 15.9 Å². The summed E-state index contributed by atoms with van der Waals surface area (Å²) < 4.78 is 14.1. The predicted molar refractivity (Wildman–Crippen MR) is 74.1 cm³/mol. The van der Waals surface area contributed by atoms with Crippen molar-refractivity contribution in [1.82, 2.24) is 5.43 Å². The molecule has 2 rings (SSSR count). The van der Waals surface area contributed by atoms with Gasteiger partial charge in [0.1, 0.15) is 5.82 Å². The summed E-state index contributed by atoms with van der Waals surface area (Å²) in [6.07, 6.45) is 0. The van der Waals surface area contributed by atoms with Gasteiger partial charge in [0.25, 0.3) is 0 Å². The van der Waals surface area contributed by atoms with Gasteiger partial charge in [-0.1, -0.05) is 28.1 Å². The second kappa shape index (κ2) is 5.48. The van der Waals surface area contributed by atoms with E-state index in [1.54, 1.807) is 18.2 Å². The van der Waals surface area contributed by atoms with Crippen molar-refractivity contribution in [1.29, 1.82) is 0 Å². The number of rotatable bonds is 3. The maximum absolute atomic E-state index is 13.3. The van der Waals surface area contributed by atoms with Gasteiger partial charge in [0.05, 0.1) is 6.04 Å². The summed E-state index contributed by atoms with van der Waals surface area (Å²) in [6.45, 7) is 0. The highest BCUT2D eigenvalue weighted by atomic mass is 79.9. The summed E-state index contributed by atoms with van der Waals surface area (Å²) in [6, 6.07) is 11.4. The molecule has 2 aromatic carbocycles. The fourth-order valence-electron chi connectivity index (χ4n) is 1.85. The lowest BCUT2D eigenvalue weighted by Gasteiger charge is -2.19. The minimum absolute atomic E-state index is 0.304. The van der Waals surface area contributed by atoms with Crippen LogP contribution in [0, 0.1) is 5.82 Å². The van der Waals surface area contributed by atoms with Crippen molar-refractivity contribution in [3.8, 4) is 0 Å². The lowest BCUT2D eigenvalue weighted by Crippen LogP contribution is -2.29. The van der Waals surface area contributed by atoms with E-state index in [0.717, 1.165) is 15.6 Å². The number of hydrogen-bond acceptors (Lipinski definition) is 3. The first kappa shape index (κ1) is 13.0. The Morgan fingerprint density at radius 2 is 1.94 bits per heavy atom. The Balaban J connectivity index is 2.48. The molecule has 1 unspecified atom stereocenters. The summed E-state index contributed by atoms with van der Waals surface area (Å²) in [7, 11) is 0. The van der Waals surface area contributed by atoms with E-state index in [2.05, 4.69) is 21.4 Å². The van der Waals surface area contributed by atoms with E-state index in [1.807, 2.05) is 12.1 Å². The van der Waals surface area contributed by atoms with E-state index in [-0.39, 0.29) is 11.9 Å². The van der Waals surface area contributed by atoms with Crippen LogP contribution in [0.2, 0.25) is 0 Å². The van der Waals surface area contributed by atoms with E-state index >= 15 is 0 Å². The molecule has 0 heterocycles. The van der Waals surface area contributed by atoms with Gasteiger partial charge in [0.15, 0.2) is 0 Å². The minimum Gasteiger partial charge on any atom is -0.398 e. The van der Waals surface area contributed by atoms with E-state index in [4.69, 9.17) is 11.6 Å². The van der Waals surface area contributed by atoms with Gasteiger partial charge in [-0.2, -0.15) is 0 Å². The third-order valence-corrected chi connectivity index (χ3v) is 3.20. The molecule has 5 heteroatoms. The quantitative estimate of drug-likeness (QED) is 0.464. The molecular formula is C13H13BrFN3. The molecule has 5 N–H and O–H groups in total. The Hall–Kier alpha value is -1.43. The number of benzene rings is 2. The zero-order valence-corrected chi connectivity index (χ0v) is 11.1. The molecule has 0 aliphatic rings. The van der Waals surface area contributed by atoms with Crippen LogP contribution < -0.4 is 17.0 Å². The summed E-state index contributed by atoms with van der Waals surface area (Å²) in [5, 5.41) is 0. The van der Waals surface area contributed by atoms with Gasteiger partial charge in [0, 0.05) is 10.2 Å². The topological polar surface area (TPSA) is 64.1 Å². The summed E-state index contributed by atoms with van der Waals surface area (Å²) in [5.74, 6) is 5.26. The van der Waals surface area contributed by atoms with Crippen molar-refractivity contribution in [3.05, 3.63) is 63.9 Å². The molecule has 3 nitrogen and oxygen atoms in total. The summed E-state index contributed by atoms with van der Waals surface area (Å²) in [4.78, 5) is 0. The largest absolute Gasteiger partial charge is 0.398 e. The third-order valence-electron chi connectivity index (χ3n) is 2.71. The highest BCUT2D eigenvalue weighted by Crippen LogP contribution is 2.29. The Bertz CT molecular complexity index is 560. The molecule has 0 spiro atoms. The van der Waals surface area contributed by atoms with E-state index in [9.17, 15) is 4.39 Å². The number of nitrogens with one attached hydrogen (secondary N) is 1. The van der Waals surface area contributed by atoms with Gasteiger partial charge < -0.3 is 5.73 Å². The molecule has 2 aromatic rings. The van der Waals surface area contributed by atoms with Gasteiger partial charge >= 0.3 is 0 Å². The molecule has 0 saturated heterocycles. The van der Waals surface area contributed by atoms with Crippen molar-refractivity contribution in [3.63, 3.8) is 0 Å². The first-order chi connectivity index (χ1) is 8.61. The van der Waals surface area contributed by atoms with Crippen molar-refractivity contribution in [2.24, 2.45) is 5.84 Å². The standard InChI is InChI=1S/C13H13BrFN3/c14-9-4-5-12(16)11(7-9)13(18-17)8-2-1-3-10(15)6-8/h1-7,13,18H,16-17H2. The van der Waals surface area contributed by atoms with Crippen LogP contribution in [0.1, 0.15) is 17.2 Å². The van der Waals surface area contributed by atoms with Crippen LogP contribution in [0.5, 0.6) is 0 Å². The lowest BCUT2D eigenvalue weighted by atomic mass is 9.98. The molecule has 0 radical (unpaired) electrons. The molecule has 0 aliphatic heterocycles. The number of halogens is 2. The molecule has 0 amide bonds. The Morgan fingerprint density at radius 3 is 2.61 bits per heavy atom. The molecular weight excluding hydrogens is 297 g/mol. The molecule has 0 fully saturated rings. The van der Waals surface area contributed by atoms with Gasteiger partial charge in [-0.05, 0) is 41.5 Å². The summed E-state index contributed by atoms with van der Waals surface area (Å²) in [5.41, 5.74) is 10.7. The monoisotopic (exact) mass is 309 g/mol. The van der Waals surface area contributed by atoms with E-state index in [0.29, 0.717) is 5.69 Å². The van der Waals surface area contributed by atoms with Gasteiger partial charge in [-0.15, -0.1) is 0 Å². The maximum Gasteiger partial charge on any atom is 0.123 e. The highest BCUT2D eigenvalue weighted by molar-refractivity contribution is 9.10. The van der Waals surface area contributed by atoms with Crippen molar-refractivity contribution in [2.45, 2.75) is 6.04 Å². The first-order valence-electron chi connectivity index (χ1n) is 5.38. The van der Waals surface area contributed by atoms with Crippen LogP contribution in [0.3, 0.4) is 0 Å². The third kappa shape index (κ3) is 2.69. The smallest absolute Gasteiger partial charge is 0.123 e. The van der Waals surface area contributed by atoms with Crippen LogP contribution in [-0.2, 0) is 0 Å². The number of anilines is 1. The molecule has 0 saturated carbocycles. The van der Waals surface area contributed by atoms with Crippen LogP contribution in [0.4, 0.5) is 10.1 Å². The highest BCUT2D eigenvalue weighted by Gasteiger charge is 2.16. The number of hydrogen-bond donors (Lipinski definition) is 3. The molecule has 0 aromatic heterocycles. The van der Waals surface area contributed by atoms with E-state index in [1.165, 1.54) is 12.1 Å². The van der Waals surface area contributed by atoms with Gasteiger partial charge in [-0.25, -0.2) is 9.82 Å². The first-order valence-corrected chi connectivity index (χ1v) is 6.17. The van der Waals surface area contributed by atoms with Crippen LogP contribution in [-0.4, -0.2) is 0 Å². The molecule has 1 atom stereocenters. The molecule has 18 heavy (non-hydrogen) atoms. The second-order valence-electron chi connectivity index (χ2n) is 3.93. The van der Waals surface area contributed by atoms with Gasteiger partial charge in [-0.3, -0.25) is 5.84 Å². The number of hydrazine groups is 1. The number of nitrogens with two attached hydrogens (primary N) is 2. The van der Waals surface area contributed by atoms with Gasteiger partial charge in [0.2, 0.25) is 0 Å². The van der Waals surface area contributed by atoms with E-state index < -0.39 is 0 Å². The van der Waals surface area contributed by atoms with Crippen molar-refractivity contribution >= 4 is 21.6 Å².